The molecule has 4 rings (SSSR count). The topological polar surface area (TPSA) is 320 Å². The highest BCUT2D eigenvalue weighted by atomic mass is 32.3. The van der Waals surface area contributed by atoms with Gasteiger partial charge in [-0.1, -0.05) is 64.4 Å². The first-order valence-corrected chi connectivity index (χ1v) is 21.0. The van der Waals surface area contributed by atoms with Crippen molar-refractivity contribution in [2.75, 3.05) is 27.2 Å². The summed E-state index contributed by atoms with van der Waals surface area (Å²) in [6.07, 6.45) is -3.84. The fourth-order valence-electron chi connectivity index (χ4n) is 7.59. The Morgan fingerprint density at radius 1 is 1.00 bits per heavy atom. The van der Waals surface area contributed by atoms with Crippen LogP contribution in [0.15, 0.2) is 34.0 Å². The van der Waals surface area contributed by atoms with Crippen molar-refractivity contribution in [3.8, 4) is 0 Å². The van der Waals surface area contributed by atoms with Crippen LogP contribution in [0.1, 0.15) is 77.4 Å². The monoisotopic (exact) mass is 863 g/mol. The van der Waals surface area contributed by atoms with Gasteiger partial charge in [0.05, 0.1) is 0 Å². The second kappa shape index (κ2) is 21.8. The number of aliphatic hydroxyl groups excluding tert-OH is 3. The Kier molecular flexibility index (Phi) is 17.7. The zero-order chi connectivity index (χ0) is 43.6. The Labute approximate surface area is 340 Å². The molecular weight excluding hydrogens is 806 g/mol. The van der Waals surface area contributed by atoms with Crippen LogP contribution in [-0.2, 0) is 47.9 Å². The predicted molar refractivity (Wildman–Crippen MR) is 204 cm³/mol. The molecule has 3 aliphatic rings. The molecule has 4 heterocycles. The number of hydrogen-bond acceptors (Lipinski definition) is 17. The van der Waals surface area contributed by atoms with Crippen LogP contribution in [0.2, 0.25) is 0 Å². The molecule has 12 atom stereocenters. The highest BCUT2D eigenvalue weighted by Crippen LogP contribution is 2.37. The van der Waals surface area contributed by atoms with E-state index in [1.165, 1.54) is 50.1 Å². The maximum atomic E-state index is 14.4. The first kappa shape index (κ1) is 48.1. The van der Waals surface area contributed by atoms with Gasteiger partial charge in [0, 0.05) is 38.5 Å². The number of nitrogens with zero attached hydrogens (tertiary/aromatic N) is 3. The van der Waals surface area contributed by atoms with Crippen LogP contribution >= 0.6 is 0 Å². The number of ether oxygens (including phenoxy) is 4. The van der Waals surface area contributed by atoms with Crippen LogP contribution in [0.3, 0.4) is 0 Å². The zero-order valence-electron chi connectivity index (χ0n) is 33.2. The van der Waals surface area contributed by atoms with Crippen LogP contribution in [0.4, 0.5) is 0 Å². The Morgan fingerprint density at radius 3 is 2.24 bits per heavy atom. The lowest BCUT2D eigenvalue weighted by molar-refractivity contribution is -0.230. The van der Waals surface area contributed by atoms with E-state index >= 15 is 0 Å². The molecule has 0 spiro atoms. The lowest BCUT2D eigenvalue weighted by Crippen LogP contribution is -2.60. The minimum atomic E-state index is -5.30. The average Bonchev–Trinajstić information content (AvgIpc) is 3.58. The van der Waals surface area contributed by atoms with Gasteiger partial charge in [0.25, 0.3) is 5.56 Å². The van der Waals surface area contributed by atoms with Crippen molar-refractivity contribution >= 4 is 28.2 Å². The number of carbonyl (C=O) groups excluding carboxylic acids is 2. The minimum absolute atomic E-state index is 0.429. The number of nitrogens with one attached hydrogen (secondary N) is 1. The molecule has 23 heteroatoms. The summed E-state index contributed by atoms with van der Waals surface area (Å²) in [5.74, 6) is -3.46. The van der Waals surface area contributed by atoms with Crippen molar-refractivity contribution < 1.29 is 70.9 Å². The van der Waals surface area contributed by atoms with Gasteiger partial charge in [-0.3, -0.25) is 28.6 Å². The standard InChI is InChI=1S/C36H57N5O17S/c1-4-5-6-7-8-9-10-11-12-13-14-15-23(43)54-21-19-39(2)25(32(47)40(3)24(21)34(48)49)29(57-35-31(58-59(51,52)53)26(44)20(18-37)55-35)30-27(45)28(46)33(56-30)41-17-16-22(42)38-36(41)50/h14-17,20-21,24-31,33,35,44-46H,4-13,18-19,37H2,1-3H3,(H,48,49)(H,38,42,50)(H,51,52,53)/b15-14+/t20-,21?,24?,25?,26-,27+,28-,29?,30+,31-,33-,35+/m1/s1. The van der Waals surface area contributed by atoms with Gasteiger partial charge < -0.3 is 50.0 Å². The average molecular weight is 864 g/mol. The molecule has 3 fully saturated rings. The first-order valence-electron chi connectivity index (χ1n) is 19.6. The molecule has 22 nitrogen and oxygen atoms in total. The number of carbonyl (C=O) groups is 3. The lowest BCUT2D eigenvalue weighted by atomic mass is 9.97. The summed E-state index contributed by atoms with van der Waals surface area (Å²) in [4.78, 5) is 68.5. The second-order valence-electron chi connectivity index (χ2n) is 15.0. The van der Waals surface area contributed by atoms with Gasteiger partial charge in [-0.05, 0) is 19.9 Å². The largest absolute Gasteiger partial charge is 0.480 e. The van der Waals surface area contributed by atoms with Gasteiger partial charge in [0.15, 0.2) is 24.7 Å². The first-order chi connectivity index (χ1) is 27.9. The number of nitrogens with two attached hydrogens (primary N) is 1. The molecule has 59 heavy (non-hydrogen) atoms. The number of aliphatic hydroxyl groups is 3. The number of allylic oxidation sites excluding steroid dienone is 1. The number of aromatic nitrogens is 2. The molecule has 0 bridgehead atoms. The Balaban J connectivity index is 1.61. The predicted octanol–water partition coefficient (Wildman–Crippen LogP) is -1.61. The van der Waals surface area contributed by atoms with Crippen LogP contribution in [0.5, 0.6) is 0 Å². The number of H-pyrrole nitrogens is 1. The molecule has 0 aliphatic carbocycles. The van der Waals surface area contributed by atoms with E-state index < -0.39 is 126 Å². The summed E-state index contributed by atoms with van der Waals surface area (Å²) in [6, 6.07) is -2.59. The Morgan fingerprint density at radius 2 is 1.64 bits per heavy atom. The third kappa shape index (κ3) is 12.5. The van der Waals surface area contributed by atoms with Gasteiger partial charge in [0.2, 0.25) is 5.91 Å². The molecule has 0 aromatic carbocycles. The normalized spacial score (nSPS) is 31.2. The minimum Gasteiger partial charge on any atom is -0.480 e. The van der Waals surface area contributed by atoms with Crippen LogP contribution in [0.25, 0.3) is 0 Å². The van der Waals surface area contributed by atoms with Crippen LogP contribution in [-0.4, -0.2) is 165 Å². The van der Waals surface area contributed by atoms with Gasteiger partial charge in [-0.15, -0.1) is 0 Å². The molecule has 3 aliphatic heterocycles. The van der Waals surface area contributed by atoms with Crippen molar-refractivity contribution in [2.45, 2.75) is 145 Å². The molecule has 8 N–H and O–H groups in total. The number of carboxylic acids is 1. The van der Waals surface area contributed by atoms with Crippen molar-refractivity contribution in [2.24, 2.45) is 5.73 Å². The summed E-state index contributed by atoms with van der Waals surface area (Å²) in [5.41, 5.74) is 3.84. The molecule has 0 radical (unpaired) electrons. The summed E-state index contributed by atoms with van der Waals surface area (Å²) >= 11 is 0. The molecule has 3 saturated heterocycles. The van der Waals surface area contributed by atoms with Gasteiger partial charge in [-0.2, -0.15) is 8.42 Å². The number of esters is 1. The third-order valence-corrected chi connectivity index (χ3v) is 11.1. The van der Waals surface area contributed by atoms with Crippen molar-refractivity contribution in [1.29, 1.82) is 0 Å². The molecule has 4 unspecified atom stereocenters. The van der Waals surface area contributed by atoms with Crippen LogP contribution < -0.4 is 17.0 Å². The third-order valence-electron chi connectivity index (χ3n) is 10.6. The lowest BCUT2D eigenvalue weighted by Gasteiger charge is -2.38. The maximum Gasteiger partial charge on any atom is 0.397 e. The highest BCUT2D eigenvalue weighted by molar-refractivity contribution is 7.80. The highest BCUT2D eigenvalue weighted by Gasteiger charge is 2.57. The van der Waals surface area contributed by atoms with E-state index in [0.717, 1.165) is 54.5 Å². The van der Waals surface area contributed by atoms with E-state index in [2.05, 4.69) is 11.1 Å². The number of carboxylic acid groups (broad SMARTS) is 1. The molecule has 334 valence electrons. The number of hydrogen-bond donors (Lipinski definition) is 7. The molecule has 0 saturated carbocycles. The number of amides is 1. The van der Waals surface area contributed by atoms with Crippen molar-refractivity contribution in [1.82, 2.24) is 19.4 Å². The van der Waals surface area contributed by atoms with Gasteiger partial charge >= 0.3 is 28.0 Å². The number of unbranched alkanes of at least 4 members (excludes halogenated alkanes) is 9. The van der Waals surface area contributed by atoms with Crippen molar-refractivity contribution in [3.63, 3.8) is 0 Å². The van der Waals surface area contributed by atoms with E-state index in [0.29, 0.717) is 6.42 Å². The van der Waals surface area contributed by atoms with E-state index in [9.17, 15) is 57.4 Å². The van der Waals surface area contributed by atoms with E-state index in [4.69, 9.17) is 24.7 Å². The summed E-state index contributed by atoms with van der Waals surface area (Å²) in [5, 5.41) is 43.6. The number of aromatic amines is 1. The van der Waals surface area contributed by atoms with E-state index in [-0.39, 0.29) is 0 Å². The zero-order valence-corrected chi connectivity index (χ0v) is 34.0. The summed E-state index contributed by atoms with van der Waals surface area (Å²) < 4.78 is 61.8. The number of likely N-dealkylation sites (N-methyl/N-ethyl adjacent to an activating group) is 2. The molecule has 1 aromatic heterocycles. The SMILES string of the molecule is CCCCCCCCCCC/C=C/C(=O)OC1CN(C)C(C(O[C@@H]2O[C@H](CN)[C@@H](O)[C@H]2OS(=O)(=O)O)[C@H]2O[C@@H](n3ccc(=O)[nH]c3=O)[C@H](O)[C@@H]2O)C(=O)N(C)C1C(=O)O. The van der Waals surface area contributed by atoms with Gasteiger partial charge in [0.1, 0.15) is 48.8 Å². The van der Waals surface area contributed by atoms with Gasteiger partial charge in [-0.25, -0.2) is 18.6 Å². The fourth-order valence-corrected chi connectivity index (χ4v) is 8.08. The molecule has 1 aromatic rings. The maximum absolute atomic E-state index is 14.4. The number of aliphatic carboxylic acids is 1. The van der Waals surface area contributed by atoms with E-state index in [1.54, 1.807) is 6.08 Å². The van der Waals surface area contributed by atoms with E-state index in [1.807, 2.05) is 4.98 Å². The second-order valence-corrected chi connectivity index (χ2v) is 16.0. The van der Waals surface area contributed by atoms with Crippen LogP contribution in [0, 0.1) is 0 Å². The number of rotatable bonds is 21. The summed E-state index contributed by atoms with van der Waals surface area (Å²) in [7, 11) is -2.87. The smallest absolute Gasteiger partial charge is 0.397 e. The molecule has 1 amide bonds. The Hall–Kier alpha value is -3.62. The quantitative estimate of drug-likeness (QED) is 0.0316. The fraction of sp³-hybridized carbons (Fsp3) is 0.750. The van der Waals surface area contributed by atoms with Crippen molar-refractivity contribution in [3.05, 3.63) is 45.3 Å². The Bertz CT molecular complexity index is 1830. The summed E-state index contributed by atoms with van der Waals surface area (Å²) in [6.45, 7) is 1.28. The molecular formula is C36H57N5O17S.